The van der Waals surface area contributed by atoms with Gasteiger partial charge in [0, 0.05) is 24.0 Å². The van der Waals surface area contributed by atoms with Crippen molar-refractivity contribution in [3.63, 3.8) is 0 Å². The van der Waals surface area contributed by atoms with Gasteiger partial charge in [0.1, 0.15) is 0 Å². The fourth-order valence-electron chi connectivity index (χ4n) is 3.23. The normalized spacial score (nSPS) is 20.0. The van der Waals surface area contributed by atoms with Gasteiger partial charge in [0.2, 0.25) is 11.7 Å². The maximum Gasteiger partial charge on any atom is 0.244 e. The smallest absolute Gasteiger partial charge is 0.244 e. The van der Waals surface area contributed by atoms with Crippen molar-refractivity contribution in [1.29, 1.82) is 0 Å². The number of pyridine rings is 1. The molecule has 3 aromatic rings. The predicted octanol–water partition coefficient (Wildman–Crippen LogP) is 4.09. The minimum atomic E-state index is 0.111. The second kappa shape index (κ2) is 6.22. The molecule has 1 saturated heterocycles. The maximum absolute atomic E-state index is 5.53. The van der Waals surface area contributed by atoms with Crippen LogP contribution in [0.3, 0.4) is 0 Å². The summed E-state index contributed by atoms with van der Waals surface area (Å²) in [6.07, 6.45) is 5.88. The monoisotopic (exact) mass is 326 g/mol. The van der Waals surface area contributed by atoms with Crippen LogP contribution in [-0.4, -0.2) is 26.6 Å². The van der Waals surface area contributed by atoms with E-state index in [4.69, 9.17) is 4.52 Å². The molecule has 0 saturated carbocycles. The molecule has 0 bridgehead atoms. The summed E-state index contributed by atoms with van der Waals surface area (Å²) in [5, 5.41) is 8.50. The van der Waals surface area contributed by atoms with Gasteiger partial charge in [0.05, 0.1) is 6.04 Å². The van der Waals surface area contributed by atoms with E-state index >= 15 is 0 Å². The third-order valence-electron chi connectivity index (χ3n) is 4.44. The van der Waals surface area contributed by atoms with Gasteiger partial charge in [-0.25, -0.2) is 0 Å². The van der Waals surface area contributed by atoms with Crippen molar-refractivity contribution in [2.45, 2.75) is 31.8 Å². The summed E-state index contributed by atoms with van der Waals surface area (Å²) in [7, 11) is 0. The van der Waals surface area contributed by atoms with Crippen molar-refractivity contribution in [2.24, 2.45) is 0 Å². The van der Waals surface area contributed by atoms with Crippen LogP contribution in [0.1, 0.15) is 43.3 Å². The van der Waals surface area contributed by atoms with Gasteiger partial charge < -0.3 is 4.52 Å². The van der Waals surface area contributed by atoms with Crippen LogP contribution in [0, 0.1) is 0 Å². The lowest BCUT2D eigenvalue weighted by atomic mass is 10.1. The zero-order valence-electron chi connectivity index (χ0n) is 12.9. The van der Waals surface area contributed by atoms with E-state index in [0.29, 0.717) is 17.8 Å². The third-order valence-corrected chi connectivity index (χ3v) is 5.14. The summed E-state index contributed by atoms with van der Waals surface area (Å²) in [6.45, 7) is 3.21. The standard InChI is InChI=1S/C17H18N4OS/c1-12(21-8-3-5-15(21)14-6-9-23-11-14)17-19-16(20-22-17)13-4-2-7-18-10-13/h2,4,6-7,9-12,15H,3,5,8H2,1H3/t12-,15+/m1/s1. The molecule has 1 aliphatic heterocycles. The van der Waals surface area contributed by atoms with Crippen LogP contribution in [0.4, 0.5) is 0 Å². The summed E-state index contributed by atoms with van der Waals surface area (Å²) in [4.78, 5) is 11.2. The molecule has 5 nitrogen and oxygen atoms in total. The first-order valence-electron chi connectivity index (χ1n) is 7.85. The Morgan fingerprint density at radius 1 is 1.39 bits per heavy atom. The number of rotatable bonds is 4. The van der Waals surface area contributed by atoms with Crippen molar-refractivity contribution < 1.29 is 4.52 Å². The molecule has 3 aromatic heterocycles. The van der Waals surface area contributed by atoms with Crippen LogP contribution in [0.15, 0.2) is 45.9 Å². The molecule has 23 heavy (non-hydrogen) atoms. The molecule has 2 atom stereocenters. The molecule has 6 heteroatoms. The van der Waals surface area contributed by atoms with Crippen LogP contribution in [0.2, 0.25) is 0 Å². The Labute approximate surface area is 139 Å². The molecule has 1 fully saturated rings. The molecule has 1 aliphatic rings. The molecule has 4 heterocycles. The van der Waals surface area contributed by atoms with Gasteiger partial charge in [-0.1, -0.05) is 5.16 Å². The zero-order chi connectivity index (χ0) is 15.6. The summed E-state index contributed by atoms with van der Waals surface area (Å²) >= 11 is 1.75. The SMILES string of the molecule is C[C@H](c1nc(-c2cccnc2)no1)N1CCC[C@H]1c1ccsc1. The Kier molecular flexibility index (Phi) is 3.93. The van der Waals surface area contributed by atoms with Gasteiger partial charge in [-0.3, -0.25) is 9.88 Å². The van der Waals surface area contributed by atoms with E-state index in [-0.39, 0.29) is 6.04 Å². The second-order valence-corrected chi connectivity index (χ2v) is 6.61. The van der Waals surface area contributed by atoms with E-state index in [1.807, 2.05) is 12.1 Å². The topological polar surface area (TPSA) is 55.1 Å². The molecule has 0 N–H and O–H groups in total. The molecular weight excluding hydrogens is 308 g/mol. The van der Waals surface area contributed by atoms with Crippen molar-refractivity contribution in [2.75, 3.05) is 6.54 Å². The Hall–Kier alpha value is -2.05. The van der Waals surface area contributed by atoms with Crippen molar-refractivity contribution >= 4 is 11.3 Å². The number of likely N-dealkylation sites (tertiary alicyclic amines) is 1. The van der Waals surface area contributed by atoms with Crippen LogP contribution >= 0.6 is 11.3 Å². The molecule has 4 rings (SSSR count). The quantitative estimate of drug-likeness (QED) is 0.723. The fourth-order valence-corrected chi connectivity index (χ4v) is 3.94. The first-order valence-corrected chi connectivity index (χ1v) is 8.79. The van der Waals surface area contributed by atoms with E-state index in [1.165, 1.54) is 18.4 Å². The fraction of sp³-hybridized carbons (Fsp3) is 0.353. The highest BCUT2D eigenvalue weighted by atomic mass is 32.1. The van der Waals surface area contributed by atoms with E-state index in [9.17, 15) is 0 Å². The molecule has 0 spiro atoms. The van der Waals surface area contributed by atoms with Gasteiger partial charge in [0.15, 0.2) is 0 Å². The molecule has 0 amide bonds. The van der Waals surface area contributed by atoms with Crippen LogP contribution in [0.25, 0.3) is 11.4 Å². The van der Waals surface area contributed by atoms with Gasteiger partial charge in [0.25, 0.3) is 0 Å². The Bertz CT molecular complexity index is 756. The van der Waals surface area contributed by atoms with Gasteiger partial charge in [-0.05, 0) is 60.8 Å². The lowest BCUT2D eigenvalue weighted by Crippen LogP contribution is -2.26. The minimum absolute atomic E-state index is 0.111. The van der Waals surface area contributed by atoms with Crippen molar-refractivity contribution in [3.8, 4) is 11.4 Å². The number of hydrogen-bond donors (Lipinski definition) is 0. The van der Waals surface area contributed by atoms with E-state index in [2.05, 4.69) is 43.8 Å². The first-order chi connectivity index (χ1) is 11.3. The molecule has 0 radical (unpaired) electrons. The van der Waals surface area contributed by atoms with Gasteiger partial charge >= 0.3 is 0 Å². The van der Waals surface area contributed by atoms with Gasteiger partial charge in [-0.15, -0.1) is 0 Å². The largest absolute Gasteiger partial charge is 0.337 e. The maximum atomic E-state index is 5.53. The number of nitrogens with zero attached hydrogens (tertiary/aromatic N) is 4. The average molecular weight is 326 g/mol. The van der Waals surface area contributed by atoms with E-state index in [0.717, 1.165) is 12.1 Å². The summed E-state index contributed by atoms with van der Waals surface area (Å²) in [5.41, 5.74) is 2.27. The number of hydrogen-bond acceptors (Lipinski definition) is 6. The first kappa shape index (κ1) is 14.5. The third kappa shape index (κ3) is 2.80. The molecule has 0 aliphatic carbocycles. The predicted molar refractivity (Wildman–Crippen MR) is 88.9 cm³/mol. The van der Waals surface area contributed by atoms with Crippen LogP contribution in [-0.2, 0) is 0 Å². The zero-order valence-corrected chi connectivity index (χ0v) is 13.7. The molecule has 118 valence electrons. The van der Waals surface area contributed by atoms with Crippen molar-refractivity contribution in [3.05, 3.63) is 52.8 Å². The minimum Gasteiger partial charge on any atom is -0.337 e. The van der Waals surface area contributed by atoms with Gasteiger partial charge in [-0.2, -0.15) is 16.3 Å². The average Bonchev–Trinajstić information content (AvgIpc) is 3.34. The molecule has 0 unspecified atom stereocenters. The lowest BCUT2D eigenvalue weighted by Gasteiger charge is -2.27. The number of thiophene rings is 1. The highest BCUT2D eigenvalue weighted by Gasteiger charge is 2.33. The van der Waals surface area contributed by atoms with Crippen molar-refractivity contribution in [1.82, 2.24) is 20.0 Å². The van der Waals surface area contributed by atoms with E-state index < -0.39 is 0 Å². The second-order valence-electron chi connectivity index (χ2n) is 5.83. The van der Waals surface area contributed by atoms with E-state index in [1.54, 1.807) is 23.7 Å². The summed E-state index contributed by atoms with van der Waals surface area (Å²) in [5.74, 6) is 1.28. The Morgan fingerprint density at radius 2 is 2.35 bits per heavy atom. The summed E-state index contributed by atoms with van der Waals surface area (Å²) in [6, 6.07) is 6.60. The lowest BCUT2D eigenvalue weighted by molar-refractivity contribution is 0.159. The van der Waals surface area contributed by atoms with Crippen LogP contribution < -0.4 is 0 Å². The highest BCUT2D eigenvalue weighted by molar-refractivity contribution is 7.07. The molecular formula is C17H18N4OS. The van der Waals surface area contributed by atoms with Crippen LogP contribution in [0.5, 0.6) is 0 Å². The summed E-state index contributed by atoms with van der Waals surface area (Å²) < 4.78 is 5.53. The Balaban J connectivity index is 1.57. The molecule has 0 aromatic carbocycles. The Morgan fingerprint density at radius 3 is 3.13 bits per heavy atom. The number of aromatic nitrogens is 3. The highest BCUT2D eigenvalue weighted by Crippen LogP contribution is 2.38.